The number of ether oxygens (including phenoxy) is 1. The highest BCUT2D eigenvalue weighted by Gasteiger charge is 2.24. The number of hydrogen-bond donors (Lipinski definition) is 1. The minimum absolute atomic E-state index is 0.120. The molecule has 1 heterocycles. The van der Waals surface area contributed by atoms with Crippen molar-refractivity contribution in [2.24, 2.45) is 0 Å². The zero-order chi connectivity index (χ0) is 14.1. The normalized spacial score (nSPS) is 15.1. The van der Waals surface area contributed by atoms with Gasteiger partial charge in [0, 0.05) is 21.8 Å². The molecule has 1 amide bonds. The number of carbonyl (C=O) groups excluding carboxylic acids is 1. The van der Waals surface area contributed by atoms with E-state index in [1.807, 2.05) is 36.4 Å². The smallest absolute Gasteiger partial charge is 0.256 e. The second-order valence-corrected chi connectivity index (χ2v) is 4.92. The Bertz CT molecular complexity index is 722. The van der Waals surface area contributed by atoms with Gasteiger partial charge in [0.1, 0.15) is 5.75 Å². The van der Waals surface area contributed by atoms with Crippen LogP contribution in [0.25, 0.3) is 11.6 Å². The summed E-state index contributed by atoms with van der Waals surface area (Å²) >= 11 is 6.00. The zero-order valence-corrected chi connectivity index (χ0v) is 11.6. The van der Waals surface area contributed by atoms with Crippen molar-refractivity contribution in [3.8, 4) is 5.75 Å². The first-order valence-corrected chi connectivity index (χ1v) is 6.52. The third kappa shape index (κ3) is 2.28. The van der Waals surface area contributed by atoms with Gasteiger partial charge in [-0.05, 0) is 42.0 Å². The number of carbonyl (C=O) groups is 1. The molecule has 0 saturated heterocycles. The molecule has 1 aliphatic rings. The van der Waals surface area contributed by atoms with Gasteiger partial charge in [-0.1, -0.05) is 23.7 Å². The van der Waals surface area contributed by atoms with Gasteiger partial charge in [-0.15, -0.1) is 0 Å². The van der Waals surface area contributed by atoms with E-state index in [-0.39, 0.29) is 5.91 Å². The van der Waals surface area contributed by atoms with Crippen molar-refractivity contribution in [2.45, 2.75) is 0 Å². The van der Waals surface area contributed by atoms with Gasteiger partial charge in [0.25, 0.3) is 5.91 Å². The van der Waals surface area contributed by atoms with E-state index in [1.54, 1.807) is 19.2 Å². The SMILES string of the molecule is COc1cccc(/C=C2\C(=O)Nc3ccc(Cl)cc32)c1. The fourth-order valence-corrected chi connectivity index (χ4v) is 2.37. The van der Waals surface area contributed by atoms with E-state index in [0.717, 1.165) is 22.6 Å². The van der Waals surface area contributed by atoms with Gasteiger partial charge >= 0.3 is 0 Å². The minimum Gasteiger partial charge on any atom is -0.497 e. The van der Waals surface area contributed by atoms with E-state index in [9.17, 15) is 4.79 Å². The first-order valence-electron chi connectivity index (χ1n) is 6.14. The second kappa shape index (κ2) is 5.02. The number of amides is 1. The highest BCUT2D eigenvalue weighted by Crippen LogP contribution is 2.35. The van der Waals surface area contributed by atoms with Crippen LogP contribution in [-0.4, -0.2) is 13.0 Å². The summed E-state index contributed by atoms with van der Waals surface area (Å²) in [5.74, 6) is 0.633. The lowest BCUT2D eigenvalue weighted by Crippen LogP contribution is -2.03. The monoisotopic (exact) mass is 285 g/mol. The largest absolute Gasteiger partial charge is 0.497 e. The van der Waals surface area contributed by atoms with Gasteiger partial charge in [0.15, 0.2) is 0 Å². The van der Waals surface area contributed by atoms with Crippen molar-refractivity contribution in [3.63, 3.8) is 0 Å². The quantitative estimate of drug-likeness (QED) is 0.851. The summed E-state index contributed by atoms with van der Waals surface area (Å²) in [6.45, 7) is 0. The van der Waals surface area contributed by atoms with Crippen molar-refractivity contribution in [1.29, 1.82) is 0 Å². The highest BCUT2D eigenvalue weighted by atomic mass is 35.5. The predicted molar refractivity (Wildman–Crippen MR) is 80.9 cm³/mol. The topological polar surface area (TPSA) is 38.3 Å². The van der Waals surface area contributed by atoms with Crippen LogP contribution in [0.1, 0.15) is 11.1 Å². The fourth-order valence-electron chi connectivity index (χ4n) is 2.20. The van der Waals surface area contributed by atoms with Crippen LogP contribution < -0.4 is 10.1 Å². The molecular weight excluding hydrogens is 274 g/mol. The van der Waals surface area contributed by atoms with Crippen LogP contribution in [0.2, 0.25) is 5.02 Å². The number of rotatable bonds is 2. The first-order chi connectivity index (χ1) is 9.67. The van der Waals surface area contributed by atoms with Crippen LogP contribution in [0.5, 0.6) is 5.75 Å². The molecule has 0 spiro atoms. The lowest BCUT2D eigenvalue weighted by atomic mass is 10.0. The molecule has 20 heavy (non-hydrogen) atoms. The lowest BCUT2D eigenvalue weighted by molar-refractivity contribution is -0.110. The van der Waals surface area contributed by atoms with Crippen molar-refractivity contribution < 1.29 is 9.53 Å². The van der Waals surface area contributed by atoms with E-state index in [4.69, 9.17) is 16.3 Å². The number of hydrogen-bond acceptors (Lipinski definition) is 2. The molecule has 1 N–H and O–H groups in total. The summed E-state index contributed by atoms with van der Waals surface area (Å²) in [5, 5.41) is 3.43. The van der Waals surface area contributed by atoms with Crippen molar-refractivity contribution in [3.05, 3.63) is 58.6 Å². The number of methoxy groups -OCH3 is 1. The molecule has 0 aromatic heterocycles. The van der Waals surface area contributed by atoms with Gasteiger partial charge in [-0.3, -0.25) is 4.79 Å². The summed E-state index contributed by atoms with van der Waals surface area (Å²) in [4.78, 5) is 12.0. The number of benzene rings is 2. The third-order valence-corrected chi connectivity index (χ3v) is 3.40. The average molecular weight is 286 g/mol. The molecule has 4 heteroatoms. The summed E-state index contributed by atoms with van der Waals surface area (Å²) in [6.07, 6.45) is 1.83. The Morgan fingerprint density at radius 3 is 2.85 bits per heavy atom. The molecule has 2 aromatic carbocycles. The molecular formula is C16H12ClNO2. The minimum atomic E-state index is -0.120. The van der Waals surface area contributed by atoms with Crippen LogP contribution in [-0.2, 0) is 4.79 Å². The summed E-state index contributed by atoms with van der Waals surface area (Å²) in [7, 11) is 1.61. The third-order valence-electron chi connectivity index (χ3n) is 3.17. The molecule has 0 aliphatic carbocycles. The average Bonchev–Trinajstić information content (AvgIpc) is 2.75. The maximum atomic E-state index is 12.0. The molecule has 2 aromatic rings. The predicted octanol–water partition coefficient (Wildman–Crippen LogP) is 3.84. The Morgan fingerprint density at radius 1 is 1.20 bits per heavy atom. The van der Waals surface area contributed by atoms with Gasteiger partial charge in [0.05, 0.1) is 7.11 Å². The second-order valence-electron chi connectivity index (χ2n) is 4.48. The number of halogens is 1. The summed E-state index contributed by atoms with van der Waals surface area (Å²) < 4.78 is 5.18. The Morgan fingerprint density at radius 2 is 2.05 bits per heavy atom. The number of anilines is 1. The van der Waals surface area contributed by atoms with E-state index in [0.29, 0.717) is 10.6 Å². The van der Waals surface area contributed by atoms with E-state index >= 15 is 0 Å². The van der Waals surface area contributed by atoms with Gasteiger partial charge in [0.2, 0.25) is 0 Å². The van der Waals surface area contributed by atoms with Crippen molar-refractivity contribution in [2.75, 3.05) is 12.4 Å². The summed E-state index contributed by atoms with van der Waals surface area (Å²) in [5.41, 5.74) is 3.12. The van der Waals surface area contributed by atoms with Crippen LogP contribution >= 0.6 is 11.6 Å². The Hall–Kier alpha value is -2.26. The molecule has 0 unspecified atom stereocenters. The molecule has 1 aliphatic heterocycles. The van der Waals surface area contributed by atoms with E-state index in [2.05, 4.69) is 5.32 Å². The molecule has 0 fully saturated rings. The van der Waals surface area contributed by atoms with Gasteiger partial charge in [-0.2, -0.15) is 0 Å². The first kappa shape index (κ1) is 12.8. The molecule has 0 atom stereocenters. The van der Waals surface area contributed by atoms with E-state index < -0.39 is 0 Å². The van der Waals surface area contributed by atoms with Gasteiger partial charge < -0.3 is 10.1 Å². The molecule has 0 bridgehead atoms. The lowest BCUT2D eigenvalue weighted by Gasteiger charge is -2.02. The van der Waals surface area contributed by atoms with Crippen LogP contribution in [0.4, 0.5) is 5.69 Å². The van der Waals surface area contributed by atoms with Crippen molar-refractivity contribution in [1.82, 2.24) is 0 Å². The van der Waals surface area contributed by atoms with E-state index in [1.165, 1.54) is 0 Å². The Kier molecular flexibility index (Phi) is 3.20. The molecule has 100 valence electrons. The van der Waals surface area contributed by atoms with Crippen LogP contribution in [0.15, 0.2) is 42.5 Å². The van der Waals surface area contributed by atoms with Crippen LogP contribution in [0, 0.1) is 0 Å². The highest BCUT2D eigenvalue weighted by molar-refractivity contribution is 6.36. The maximum absolute atomic E-state index is 12.0. The molecule has 3 nitrogen and oxygen atoms in total. The Labute approximate surface area is 121 Å². The number of fused-ring (bicyclic) bond motifs is 1. The molecule has 3 rings (SSSR count). The molecule has 0 saturated carbocycles. The maximum Gasteiger partial charge on any atom is 0.256 e. The Balaban J connectivity index is 2.08. The number of nitrogens with one attached hydrogen (secondary N) is 1. The van der Waals surface area contributed by atoms with Crippen molar-refractivity contribution >= 4 is 34.8 Å². The summed E-state index contributed by atoms with van der Waals surface area (Å²) in [6, 6.07) is 12.9. The zero-order valence-electron chi connectivity index (χ0n) is 10.8. The van der Waals surface area contributed by atoms with Gasteiger partial charge in [-0.25, -0.2) is 0 Å². The standard InChI is InChI=1S/C16H12ClNO2/c1-20-12-4-2-3-10(7-12)8-14-13-9-11(17)5-6-15(13)18-16(14)19/h2-9H,1H3,(H,18,19)/b14-8-. The van der Waals surface area contributed by atoms with Crippen LogP contribution in [0.3, 0.4) is 0 Å². The fraction of sp³-hybridized carbons (Fsp3) is 0.0625. The molecule has 0 radical (unpaired) electrons.